The fourth-order valence-electron chi connectivity index (χ4n) is 3.10. The van der Waals surface area contributed by atoms with Gasteiger partial charge in [-0.2, -0.15) is 0 Å². The Hall–Kier alpha value is -2.70. The Morgan fingerprint density at radius 2 is 1.92 bits per heavy atom. The van der Waals surface area contributed by atoms with Gasteiger partial charge in [0.2, 0.25) is 5.91 Å². The summed E-state index contributed by atoms with van der Waals surface area (Å²) in [5.74, 6) is -0.0404. The number of rotatable bonds is 4. The van der Waals surface area contributed by atoms with E-state index in [9.17, 15) is 4.79 Å². The Morgan fingerprint density at radius 1 is 1.15 bits per heavy atom. The Labute approximate surface area is 158 Å². The number of hydrogen-bond acceptors (Lipinski definition) is 4. The molecule has 0 fully saturated rings. The molecular formula is C19H20ClN5O. The molecule has 0 aliphatic carbocycles. The van der Waals surface area contributed by atoms with Gasteiger partial charge < -0.3 is 10.6 Å². The van der Waals surface area contributed by atoms with Crippen LogP contribution in [0, 0.1) is 0 Å². The molecule has 7 heteroatoms. The van der Waals surface area contributed by atoms with Crippen molar-refractivity contribution in [3.63, 3.8) is 0 Å². The molecule has 0 bridgehead atoms. The van der Waals surface area contributed by atoms with Crippen molar-refractivity contribution in [1.29, 1.82) is 0 Å². The predicted octanol–water partition coefficient (Wildman–Crippen LogP) is 2.19. The molecule has 2 aromatic carbocycles. The molecule has 2 heterocycles. The van der Waals surface area contributed by atoms with E-state index in [0.29, 0.717) is 6.54 Å². The number of benzene rings is 2. The average molecular weight is 370 g/mol. The summed E-state index contributed by atoms with van der Waals surface area (Å²) in [4.78, 5) is 12.6. The normalized spacial score (nSPS) is 15.6. The Balaban J connectivity index is 0.00000196. The highest BCUT2D eigenvalue weighted by molar-refractivity contribution is 5.85. The number of aromatic nitrogens is 3. The maximum atomic E-state index is 12.6. The molecule has 1 amide bonds. The fourth-order valence-corrected chi connectivity index (χ4v) is 3.10. The summed E-state index contributed by atoms with van der Waals surface area (Å²) >= 11 is 0. The highest BCUT2D eigenvalue weighted by Crippen LogP contribution is 2.22. The van der Waals surface area contributed by atoms with Crippen molar-refractivity contribution >= 4 is 18.3 Å². The van der Waals surface area contributed by atoms with Gasteiger partial charge in [0.1, 0.15) is 11.7 Å². The first-order valence-corrected chi connectivity index (χ1v) is 8.37. The first kappa shape index (κ1) is 18.1. The van der Waals surface area contributed by atoms with Crippen LogP contribution in [-0.4, -0.2) is 27.4 Å². The van der Waals surface area contributed by atoms with Crippen LogP contribution in [-0.2, 0) is 17.8 Å². The van der Waals surface area contributed by atoms with Crippen LogP contribution in [0.3, 0.4) is 0 Å². The van der Waals surface area contributed by atoms with E-state index in [2.05, 4.69) is 27.0 Å². The molecule has 0 spiro atoms. The Morgan fingerprint density at radius 3 is 2.77 bits per heavy atom. The maximum absolute atomic E-state index is 12.6. The number of carbonyl (C=O) groups excluding carboxylic acids is 1. The lowest BCUT2D eigenvalue weighted by atomic mass is 9.94. The van der Waals surface area contributed by atoms with Crippen LogP contribution < -0.4 is 10.6 Å². The third-order valence-electron chi connectivity index (χ3n) is 4.38. The van der Waals surface area contributed by atoms with Crippen LogP contribution in [0.5, 0.6) is 0 Å². The summed E-state index contributed by atoms with van der Waals surface area (Å²) < 4.78 is 1.70. The van der Waals surface area contributed by atoms with E-state index in [1.807, 2.05) is 54.7 Å². The monoisotopic (exact) mass is 369 g/mol. The minimum atomic E-state index is -0.311. The van der Waals surface area contributed by atoms with Gasteiger partial charge in [0.15, 0.2) is 0 Å². The molecule has 1 aliphatic rings. The molecule has 1 atom stereocenters. The van der Waals surface area contributed by atoms with Gasteiger partial charge in [0, 0.05) is 6.54 Å². The third-order valence-corrected chi connectivity index (χ3v) is 4.38. The minimum Gasteiger partial charge on any atom is -0.349 e. The lowest BCUT2D eigenvalue weighted by molar-refractivity contribution is -0.123. The van der Waals surface area contributed by atoms with Gasteiger partial charge in [0.25, 0.3) is 0 Å². The molecule has 4 rings (SSSR count). The van der Waals surface area contributed by atoms with E-state index >= 15 is 0 Å². The Bertz CT molecular complexity index is 880. The summed E-state index contributed by atoms with van der Waals surface area (Å²) in [7, 11) is 0. The van der Waals surface area contributed by atoms with Crippen molar-refractivity contribution in [1.82, 2.24) is 25.6 Å². The summed E-state index contributed by atoms with van der Waals surface area (Å²) in [6, 6.07) is 17.5. The van der Waals surface area contributed by atoms with Gasteiger partial charge in [-0.3, -0.25) is 4.79 Å². The number of amides is 1. The van der Waals surface area contributed by atoms with Crippen LogP contribution in [0.1, 0.15) is 22.9 Å². The highest BCUT2D eigenvalue weighted by Gasteiger charge is 2.25. The van der Waals surface area contributed by atoms with Gasteiger partial charge in [-0.25, -0.2) is 4.68 Å². The van der Waals surface area contributed by atoms with Crippen molar-refractivity contribution in [2.45, 2.75) is 19.0 Å². The number of fused-ring (bicyclic) bond motifs is 1. The number of para-hydroxylation sites is 1. The maximum Gasteiger partial charge on any atom is 0.242 e. The zero-order valence-electron chi connectivity index (χ0n) is 14.1. The molecule has 134 valence electrons. The molecule has 0 saturated heterocycles. The van der Waals surface area contributed by atoms with E-state index in [0.717, 1.165) is 29.9 Å². The second-order valence-electron chi connectivity index (χ2n) is 6.04. The van der Waals surface area contributed by atoms with Crippen molar-refractivity contribution in [2.75, 3.05) is 6.54 Å². The molecule has 1 aromatic heterocycles. The molecular weight excluding hydrogens is 350 g/mol. The second-order valence-corrected chi connectivity index (χ2v) is 6.04. The number of nitrogens with one attached hydrogen (secondary N) is 2. The molecule has 0 saturated carbocycles. The number of nitrogens with zero attached hydrogens (tertiary/aromatic N) is 3. The summed E-state index contributed by atoms with van der Waals surface area (Å²) in [6.07, 6.45) is 2.78. The van der Waals surface area contributed by atoms with Crippen LogP contribution in [0.25, 0.3) is 5.69 Å². The van der Waals surface area contributed by atoms with Crippen molar-refractivity contribution in [3.05, 3.63) is 77.6 Å². The van der Waals surface area contributed by atoms with Gasteiger partial charge >= 0.3 is 0 Å². The second kappa shape index (κ2) is 8.12. The van der Waals surface area contributed by atoms with Gasteiger partial charge in [0.05, 0.1) is 18.4 Å². The van der Waals surface area contributed by atoms with E-state index in [4.69, 9.17) is 0 Å². The van der Waals surface area contributed by atoms with Crippen molar-refractivity contribution in [2.24, 2.45) is 0 Å². The van der Waals surface area contributed by atoms with Gasteiger partial charge in [-0.1, -0.05) is 47.7 Å². The third kappa shape index (κ3) is 3.76. The van der Waals surface area contributed by atoms with Crippen LogP contribution in [0.2, 0.25) is 0 Å². The first-order valence-electron chi connectivity index (χ1n) is 8.37. The van der Waals surface area contributed by atoms with E-state index in [-0.39, 0.29) is 24.4 Å². The summed E-state index contributed by atoms with van der Waals surface area (Å²) in [5, 5.41) is 14.5. The topological polar surface area (TPSA) is 71.8 Å². The van der Waals surface area contributed by atoms with E-state index in [1.54, 1.807) is 4.68 Å². The van der Waals surface area contributed by atoms with Crippen LogP contribution >= 0.6 is 12.4 Å². The molecule has 6 nitrogen and oxygen atoms in total. The Kier molecular flexibility index (Phi) is 5.65. The standard InChI is InChI=1S/C19H19N5O.ClH/c25-19(18-17-9-5-4-6-14(17)10-11-20-18)21-12-15-13-24(23-22-15)16-7-2-1-3-8-16;/h1-9,13,18,20H,10-12H2,(H,21,25);1H. The van der Waals surface area contributed by atoms with Gasteiger partial charge in [-0.15, -0.1) is 17.5 Å². The number of hydrogen-bond donors (Lipinski definition) is 2. The van der Waals surface area contributed by atoms with E-state index < -0.39 is 0 Å². The van der Waals surface area contributed by atoms with Crippen molar-refractivity contribution < 1.29 is 4.79 Å². The molecule has 1 aliphatic heterocycles. The lowest BCUT2D eigenvalue weighted by Crippen LogP contribution is -2.41. The highest BCUT2D eigenvalue weighted by atomic mass is 35.5. The average Bonchev–Trinajstić information content (AvgIpc) is 3.15. The zero-order valence-corrected chi connectivity index (χ0v) is 14.9. The quantitative estimate of drug-likeness (QED) is 0.739. The number of halogens is 1. The predicted molar refractivity (Wildman–Crippen MR) is 101 cm³/mol. The van der Waals surface area contributed by atoms with Crippen LogP contribution in [0.15, 0.2) is 60.8 Å². The minimum absolute atomic E-state index is 0. The lowest BCUT2D eigenvalue weighted by Gasteiger charge is -2.25. The molecule has 2 N–H and O–H groups in total. The zero-order chi connectivity index (χ0) is 17.1. The summed E-state index contributed by atoms with van der Waals surface area (Å²) in [5.41, 5.74) is 3.95. The van der Waals surface area contributed by atoms with Crippen molar-refractivity contribution in [3.8, 4) is 5.69 Å². The van der Waals surface area contributed by atoms with E-state index in [1.165, 1.54) is 5.56 Å². The molecule has 3 aromatic rings. The molecule has 26 heavy (non-hydrogen) atoms. The largest absolute Gasteiger partial charge is 0.349 e. The number of carbonyl (C=O) groups is 1. The van der Waals surface area contributed by atoms with Crippen LogP contribution in [0.4, 0.5) is 0 Å². The molecule has 1 unspecified atom stereocenters. The molecule has 0 radical (unpaired) electrons. The smallest absolute Gasteiger partial charge is 0.242 e. The SMILES string of the molecule is Cl.O=C(NCc1cn(-c2ccccc2)nn1)C1NCCc2ccccc21. The first-order chi connectivity index (χ1) is 12.3. The summed E-state index contributed by atoms with van der Waals surface area (Å²) in [6.45, 7) is 1.16. The fraction of sp³-hybridized carbons (Fsp3) is 0.211. The van der Waals surface area contributed by atoms with Gasteiger partial charge in [-0.05, 0) is 29.7 Å².